The van der Waals surface area contributed by atoms with E-state index >= 15 is 0 Å². The molecule has 16 heavy (non-hydrogen) atoms. The number of amides is 1. The van der Waals surface area contributed by atoms with Crippen molar-refractivity contribution in [3.63, 3.8) is 0 Å². The van der Waals surface area contributed by atoms with Crippen molar-refractivity contribution >= 4 is 11.7 Å². The molecule has 1 aliphatic rings. The maximum Gasteiger partial charge on any atom is 0.268 e. The number of carbonyl (C=O) groups is 2. The molecule has 0 aromatic carbocycles. The number of carbonyl (C=O) groups excluding carboxylic acids is 2. The van der Waals surface area contributed by atoms with Gasteiger partial charge in [0, 0.05) is 38.6 Å². The minimum atomic E-state index is -0.240. The number of ketones is 1. The standard InChI is InChI=1S/C11H13N3O2/c1-14(2)6-7-5-13-11(16)9-8(10(7)15)3-4-12-9/h3-4,6,12H,5H2,1-2H3,(H,13,16). The maximum absolute atomic E-state index is 12.1. The summed E-state index contributed by atoms with van der Waals surface area (Å²) in [6.07, 6.45) is 3.32. The molecule has 2 rings (SSSR count). The molecule has 2 heterocycles. The number of fused-ring (bicyclic) bond motifs is 1. The third-order valence-electron chi connectivity index (χ3n) is 2.36. The lowest BCUT2D eigenvalue weighted by Gasteiger charge is -2.08. The van der Waals surface area contributed by atoms with Crippen molar-refractivity contribution in [3.8, 4) is 0 Å². The Morgan fingerprint density at radius 3 is 2.81 bits per heavy atom. The highest BCUT2D eigenvalue weighted by Crippen LogP contribution is 2.16. The summed E-state index contributed by atoms with van der Waals surface area (Å²) in [6, 6.07) is 1.63. The van der Waals surface area contributed by atoms with Crippen LogP contribution in [0.15, 0.2) is 24.0 Å². The lowest BCUT2D eigenvalue weighted by Crippen LogP contribution is -2.25. The van der Waals surface area contributed by atoms with Crippen LogP contribution >= 0.6 is 0 Å². The van der Waals surface area contributed by atoms with Gasteiger partial charge in [0.2, 0.25) is 0 Å². The van der Waals surface area contributed by atoms with Crippen LogP contribution in [-0.4, -0.2) is 42.2 Å². The van der Waals surface area contributed by atoms with Gasteiger partial charge < -0.3 is 15.2 Å². The quantitative estimate of drug-likeness (QED) is 0.671. The number of aromatic amines is 1. The van der Waals surface area contributed by atoms with E-state index in [-0.39, 0.29) is 18.2 Å². The van der Waals surface area contributed by atoms with Crippen molar-refractivity contribution in [3.05, 3.63) is 35.3 Å². The first-order valence-electron chi connectivity index (χ1n) is 4.97. The topological polar surface area (TPSA) is 65.2 Å². The van der Waals surface area contributed by atoms with E-state index in [0.717, 1.165) is 0 Å². The van der Waals surface area contributed by atoms with Crippen LogP contribution in [0.25, 0.3) is 0 Å². The molecule has 0 unspecified atom stereocenters. The third-order valence-corrected chi connectivity index (χ3v) is 2.36. The summed E-state index contributed by atoms with van der Waals surface area (Å²) in [5.41, 5.74) is 1.35. The molecule has 5 heteroatoms. The fourth-order valence-electron chi connectivity index (χ4n) is 1.68. The number of aromatic nitrogens is 1. The molecule has 0 saturated heterocycles. The number of H-pyrrole nitrogens is 1. The zero-order chi connectivity index (χ0) is 11.7. The second kappa shape index (κ2) is 3.84. The fraction of sp³-hybridized carbons (Fsp3) is 0.273. The van der Waals surface area contributed by atoms with Crippen LogP contribution in [0.2, 0.25) is 0 Å². The molecule has 84 valence electrons. The van der Waals surface area contributed by atoms with E-state index in [9.17, 15) is 9.59 Å². The minimum Gasteiger partial charge on any atom is -0.383 e. The summed E-state index contributed by atoms with van der Waals surface area (Å²) in [5, 5.41) is 2.69. The summed E-state index contributed by atoms with van der Waals surface area (Å²) in [5.74, 6) is -0.348. The second-order valence-electron chi connectivity index (χ2n) is 3.90. The Morgan fingerprint density at radius 1 is 1.38 bits per heavy atom. The van der Waals surface area contributed by atoms with E-state index in [4.69, 9.17) is 0 Å². The van der Waals surface area contributed by atoms with Gasteiger partial charge in [0.05, 0.1) is 5.56 Å². The molecular formula is C11H13N3O2. The molecule has 1 aromatic heterocycles. The van der Waals surface area contributed by atoms with Gasteiger partial charge in [0.1, 0.15) is 5.69 Å². The molecule has 1 aliphatic heterocycles. The number of hydrogen-bond donors (Lipinski definition) is 2. The highest BCUT2D eigenvalue weighted by molar-refractivity contribution is 6.16. The van der Waals surface area contributed by atoms with Gasteiger partial charge in [0.15, 0.2) is 5.78 Å². The summed E-state index contributed by atoms with van der Waals surface area (Å²) in [4.78, 5) is 28.2. The molecule has 1 aromatic rings. The lowest BCUT2D eigenvalue weighted by molar-refractivity contribution is 0.0952. The van der Waals surface area contributed by atoms with Crippen LogP contribution in [-0.2, 0) is 0 Å². The number of nitrogens with zero attached hydrogens (tertiary/aromatic N) is 1. The fourth-order valence-corrected chi connectivity index (χ4v) is 1.68. The van der Waals surface area contributed by atoms with E-state index in [1.165, 1.54) is 0 Å². The molecular weight excluding hydrogens is 206 g/mol. The van der Waals surface area contributed by atoms with E-state index in [2.05, 4.69) is 10.3 Å². The second-order valence-corrected chi connectivity index (χ2v) is 3.90. The summed E-state index contributed by atoms with van der Waals surface area (Å²) in [6.45, 7) is 0.262. The van der Waals surface area contributed by atoms with Gasteiger partial charge >= 0.3 is 0 Å². The molecule has 0 aliphatic carbocycles. The average molecular weight is 219 g/mol. The van der Waals surface area contributed by atoms with Gasteiger partial charge in [-0.1, -0.05) is 0 Å². The molecule has 0 fully saturated rings. The number of nitrogens with one attached hydrogen (secondary N) is 2. The lowest BCUT2D eigenvalue weighted by atomic mass is 10.1. The third kappa shape index (κ3) is 1.71. The van der Waals surface area contributed by atoms with Crippen LogP contribution < -0.4 is 5.32 Å². The zero-order valence-electron chi connectivity index (χ0n) is 9.20. The van der Waals surface area contributed by atoms with Gasteiger partial charge in [-0.3, -0.25) is 9.59 Å². The van der Waals surface area contributed by atoms with Gasteiger partial charge in [-0.05, 0) is 6.07 Å². The first-order chi connectivity index (χ1) is 7.59. The number of rotatable bonds is 1. The van der Waals surface area contributed by atoms with Crippen molar-refractivity contribution in [2.24, 2.45) is 0 Å². The minimum absolute atomic E-state index is 0.108. The van der Waals surface area contributed by atoms with Crippen molar-refractivity contribution < 1.29 is 9.59 Å². The van der Waals surface area contributed by atoms with Crippen LogP contribution in [0.5, 0.6) is 0 Å². The van der Waals surface area contributed by atoms with Crippen LogP contribution in [0.3, 0.4) is 0 Å². The van der Waals surface area contributed by atoms with E-state index in [0.29, 0.717) is 16.8 Å². The largest absolute Gasteiger partial charge is 0.383 e. The predicted octanol–water partition coefficient (Wildman–Crippen LogP) is 0.386. The Hall–Kier alpha value is -2.04. The summed E-state index contributed by atoms with van der Waals surface area (Å²) >= 11 is 0. The Bertz CT molecular complexity index is 471. The van der Waals surface area contributed by atoms with Crippen LogP contribution in [0, 0.1) is 0 Å². The van der Waals surface area contributed by atoms with Crippen molar-refractivity contribution in [1.82, 2.24) is 15.2 Å². The van der Waals surface area contributed by atoms with Crippen molar-refractivity contribution in [1.29, 1.82) is 0 Å². The van der Waals surface area contributed by atoms with Crippen LogP contribution in [0.1, 0.15) is 20.8 Å². The smallest absolute Gasteiger partial charge is 0.268 e. The van der Waals surface area contributed by atoms with Gasteiger partial charge in [-0.25, -0.2) is 0 Å². The molecule has 5 nitrogen and oxygen atoms in total. The molecule has 0 radical (unpaired) electrons. The van der Waals surface area contributed by atoms with Gasteiger partial charge in [0.25, 0.3) is 5.91 Å². The maximum atomic E-state index is 12.1. The molecule has 0 bridgehead atoms. The monoisotopic (exact) mass is 219 g/mol. The first-order valence-corrected chi connectivity index (χ1v) is 4.97. The molecule has 2 N–H and O–H groups in total. The summed E-state index contributed by atoms with van der Waals surface area (Å²) in [7, 11) is 3.68. The highest BCUT2D eigenvalue weighted by atomic mass is 16.2. The zero-order valence-corrected chi connectivity index (χ0v) is 9.20. The van der Waals surface area contributed by atoms with E-state index < -0.39 is 0 Å². The Morgan fingerprint density at radius 2 is 2.12 bits per heavy atom. The van der Waals surface area contributed by atoms with Gasteiger partial charge in [-0.2, -0.15) is 0 Å². The van der Waals surface area contributed by atoms with E-state index in [1.807, 2.05) is 14.1 Å². The molecule has 1 amide bonds. The average Bonchev–Trinajstić information content (AvgIpc) is 2.67. The number of hydrogen-bond acceptors (Lipinski definition) is 3. The van der Waals surface area contributed by atoms with Crippen LogP contribution in [0.4, 0.5) is 0 Å². The van der Waals surface area contributed by atoms with Crippen molar-refractivity contribution in [2.45, 2.75) is 0 Å². The SMILES string of the molecule is CN(C)C=C1CNC(=O)c2[nH]ccc2C1=O. The Balaban J connectivity index is 2.46. The molecule has 0 spiro atoms. The Kier molecular flexibility index (Phi) is 2.52. The predicted molar refractivity (Wildman–Crippen MR) is 59.2 cm³/mol. The Labute approximate surface area is 93.1 Å². The first kappa shape index (κ1) is 10.5. The van der Waals surface area contributed by atoms with Gasteiger partial charge in [-0.15, -0.1) is 0 Å². The van der Waals surface area contributed by atoms with E-state index in [1.54, 1.807) is 23.4 Å². The normalized spacial score (nSPS) is 18.0. The summed E-state index contributed by atoms with van der Waals surface area (Å²) < 4.78 is 0. The highest BCUT2D eigenvalue weighted by Gasteiger charge is 2.25. The number of Topliss-reactive ketones (excluding diaryl/α,β-unsaturated/α-hetero) is 1. The molecule has 0 atom stereocenters. The molecule has 0 saturated carbocycles. The van der Waals surface area contributed by atoms with Crippen molar-refractivity contribution in [2.75, 3.05) is 20.6 Å².